The summed E-state index contributed by atoms with van der Waals surface area (Å²) in [6, 6.07) is 22.0. The second-order valence-electron chi connectivity index (χ2n) is 19.5. The number of Topliss-reactive ketones (excluding diaryl/α,β-unsaturated/α-hetero) is 1. The first-order valence-corrected chi connectivity index (χ1v) is 23.9. The van der Waals surface area contributed by atoms with Crippen molar-refractivity contribution in [3.8, 4) is 28.4 Å². The van der Waals surface area contributed by atoms with Crippen LogP contribution >= 0.6 is 0 Å². The number of benzene rings is 4. The van der Waals surface area contributed by atoms with Crippen LogP contribution in [0.15, 0.2) is 72.8 Å². The highest BCUT2D eigenvalue weighted by atomic mass is 16.7. The number of hydrogen-bond donors (Lipinski definition) is 4. The van der Waals surface area contributed by atoms with Gasteiger partial charge < -0.3 is 63.2 Å². The Morgan fingerprint density at radius 1 is 0.903 bits per heavy atom. The van der Waals surface area contributed by atoms with Gasteiger partial charge in [0.15, 0.2) is 31.2 Å². The van der Waals surface area contributed by atoms with E-state index in [0.29, 0.717) is 13.2 Å². The number of phenolic OH excluding ortho intramolecular Hbond substituents is 2. The molecule has 0 spiro atoms. The van der Waals surface area contributed by atoms with E-state index in [1.807, 2.05) is 75.4 Å². The fourth-order valence-electron chi connectivity index (χ4n) is 10.5. The van der Waals surface area contributed by atoms with E-state index < -0.39 is 120 Å². The first-order chi connectivity index (χ1) is 34.3. The summed E-state index contributed by atoms with van der Waals surface area (Å²) in [5, 5.41) is 47.6. The zero-order chi connectivity index (χ0) is 51.4. The maximum absolute atomic E-state index is 14.3. The second-order valence-corrected chi connectivity index (χ2v) is 19.5. The number of morpholine rings is 1. The van der Waals surface area contributed by atoms with Crippen LogP contribution in [0.2, 0.25) is 0 Å². The molecule has 0 aromatic heterocycles. The lowest BCUT2D eigenvalue weighted by Gasteiger charge is -2.43. The maximum atomic E-state index is 14.3. The van der Waals surface area contributed by atoms with E-state index in [0.717, 1.165) is 16.7 Å². The van der Waals surface area contributed by atoms with Gasteiger partial charge in [0.05, 0.1) is 48.2 Å². The van der Waals surface area contributed by atoms with Crippen molar-refractivity contribution < 1.29 is 77.5 Å². The molecule has 3 aliphatic heterocycles. The normalized spacial score (nSPS) is 26.2. The van der Waals surface area contributed by atoms with E-state index in [-0.39, 0.29) is 53.6 Å². The molecule has 72 heavy (non-hydrogen) atoms. The second kappa shape index (κ2) is 20.2. The van der Waals surface area contributed by atoms with Crippen LogP contribution in [0.4, 0.5) is 4.79 Å². The molecule has 4 aromatic carbocycles. The number of carbonyl (C=O) groups is 4. The molecule has 4 aromatic rings. The van der Waals surface area contributed by atoms with Crippen molar-refractivity contribution in [1.29, 1.82) is 0 Å². The van der Waals surface area contributed by atoms with Crippen molar-refractivity contribution in [3.05, 3.63) is 112 Å². The smallest absolute Gasteiger partial charge is 0.409 e. The van der Waals surface area contributed by atoms with Crippen LogP contribution in [-0.4, -0.2) is 169 Å². The van der Waals surface area contributed by atoms with E-state index in [1.165, 1.54) is 49.3 Å². The summed E-state index contributed by atoms with van der Waals surface area (Å²) in [7, 11) is 5.92. The van der Waals surface area contributed by atoms with E-state index in [9.17, 15) is 39.6 Å². The Labute approximate surface area is 416 Å². The SMILES string of the molecule is COc1cccc2c1C(=O)c1c(O)c3c(c(O)c1C2=O)C[C@@](O)(C(=O)COC(=O)N(C)CCN(C)C(O)OC(C)(C)c1ccc(-c2ccccc2)cc1)C[C@@H]3O[C@H]1C[C@H]2[C@H](O[C@@H]3[C@@H](OC)OCCN32)[C@H](C)O1. The predicted octanol–water partition coefficient (Wildman–Crippen LogP) is 4.61. The van der Waals surface area contributed by atoms with E-state index in [4.69, 9.17) is 37.9 Å². The monoisotopic (exact) mass is 995 g/mol. The lowest BCUT2D eigenvalue weighted by molar-refractivity contribution is -0.256. The number of aromatic hydroxyl groups is 2. The number of phenols is 2. The highest BCUT2D eigenvalue weighted by molar-refractivity contribution is 6.31. The number of likely N-dealkylation sites (N-methyl/N-ethyl adjacent to an activating group) is 2. The van der Waals surface area contributed by atoms with Gasteiger partial charge in [0, 0.05) is 75.8 Å². The van der Waals surface area contributed by atoms with Crippen molar-refractivity contribution >= 4 is 23.4 Å². The molecule has 19 nitrogen and oxygen atoms in total. The maximum Gasteiger partial charge on any atom is 0.409 e. The molecule has 1 unspecified atom stereocenters. The van der Waals surface area contributed by atoms with Gasteiger partial charge in [-0.25, -0.2) is 4.79 Å². The third-order valence-electron chi connectivity index (χ3n) is 14.6. The molecule has 2 aliphatic carbocycles. The van der Waals surface area contributed by atoms with Crippen molar-refractivity contribution in [2.45, 2.75) is 101 Å². The molecule has 3 saturated heterocycles. The van der Waals surface area contributed by atoms with Gasteiger partial charge in [-0.1, -0.05) is 66.7 Å². The van der Waals surface area contributed by atoms with Gasteiger partial charge in [0.1, 0.15) is 29.0 Å². The molecule has 0 radical (unpaired) electrons. The minimum absolute atomic E-state index is 0.0355. The van der Waals surface area contributed by atoms with Crippen molar-refractivity contribution in [1.82, 2.24) is 14.7 Å². The average Bonchev–Trinajstić information content (AvgIpc) is 3.76. The number of carbonyl (C=O) groups excluding carboxylic acids is 4. The van der Waals surface area contributed by atoms with Crippen molar-refractivity contribution in [2.24, 2.45) is 0 Å². The Morgan fingerprint density at radius 3 is 2.32 bits per heavy atom. The minimum Gasteiger partial charge on any atom is -0.507 e. The molecule has 384 valence electrons. The molecule has 3 fully saturated rings. The van der Waals surface area contributed by atoms with Crippen LogP contribution in [0.3, 0.4) is 0 Å². The van der Waals surface area contributed by atoms with Crippen LogP contribution in [-0.2, 0) is 50.0 Å². The standard InChI is InChI=1S/C53H61N3O16/c1-28-47-34(56-22-23-67-49(66-7)48(56)71-47)24-38(69-28)70-36-26-53(64,25-33-40(36)46(61)42-41(44(33)59)43(58)32-14-11-15-35(65-6)39(32)45(42)60)37(57)27-68-50(62)54(4)20-21-55(5)51(63)72-52(2,3)31-18-16-30(17-19-31)29-12-9-8-10-13-29/h8-19,28,34,36,38,47-49,51,59,61,63-64H,20-27H2,1-7H3/t28-,34-,36-,38-,47+,48+,49-,51?,53-/m0/s1. The number of rotatable bonds is 15. The number of methoxy groups -OCH3 is 2. The van der Waals surface area contributed by atoms with Crippen LogP contribution in [0.1, 0.15) is 88.3 Å². The Hall–Kier alpha value is -5.84. The Bertz CT molecular complexity index is 2720. The number of fused-ring (bicyclic) bond motifs is 6. The lowest BCUT2D eigenvalue weighted by Crippen LogP contribution is -2.55. The average molecular weight is 996 g/mol. The largest absolute Gasteiger partial charge is 0.507 e. The number of aliphatic hydroxyl groups excluding tert-OH is 1. The van der Waals surface area contributed by atoms with Crippen LogP contribution in [0, 0.1) is 0 Å². The molecule has 1 amide bonds. The molecule has 5 aliphatic rings. The lowest BCUT2D eigenvalue weighted by atomic mass is 9.72. The highest BCUT2D eigenvalue weighted by Crippen LogP contribution is 2.53. The highest BCUT2D eigenvalue weighted by Gasteiger charge is 2.55. The van der Waals surface area contributed by atoms with Gasteiger partial charge >= 0.3 is 6.09 Å². The molecular weight excluding hydrogens is 935 g/mol. The van der Waals surface area contributed by atoms with E-state index in [2.05, 4.69) is 4.90 Å². The van der Waals surface area contributed by atoms with Gasteiger partial charge in [-0.2, -0.15) is 0 Å². The van der Waals surface area contributed by atoms with Crippen LogP contribution in [0.25, 0.3) is 11.1 Å². The van der Waals surface area contributed by atoms with Gasteiger partial charge in [-0.3, -0.25) is 24.2 Å². The molecule has 4 N–H and O–H groups in total. The summed E-state index contributed by atoms with van der Waals surface area (Å²) >= 11 is 0. The molecule has 19 heteroatoms. The Morgan fingerprint density at radius 2 is 1.61 bits per heavy atom. The fraction of sp³-hybridized carbons (Fsp3) is 0.472. The Balaban J connectivity index is 0.903. The zero-order valence-corrected chi connectivity index (χ0v) is 41.2. The number of aliphatic hydroxyl groups is 2. The molecule has 0 saturated carbocycles. The number of hydrogen-bond acceptors (Lipinski definition) is 18. The predicted molar refractivity (Wildman–Crippen MR) is 255 cm³/mol. The summed E-state index contributed by atoms with van der Waals surface area (Å²) in [6.45, 7) is 5.64. The van der Waals surface area contributed by atoms with Crippen LogP contribution in [0.5, 0.6) is 17.2 Å². The molecule has 0 bridgehead atoms. The van der Waals surface area contributed by atoms with Crippen molar-refractivity contribution in [3.63, 3.8) is 0 Å². The molecule has 9 rings (SSSR count). The minimum atomic E-state index is -2.41. The topological polar surface area (TPSA) is 233 Å². The van der Waals surface area contributed by atoms with Gasteiger partial charge in [-0.15, -0.1) is 0 Å². The third kappa shape index (κ3) is 9.38. The summed E-state index contributed by atoms with van der Waals surface area (Å²) in [4.78, 5) is 60.8. The van der Waals surface area contributed by atoms with Gasteiger partial charge in [-0.05, 0) is 50.6 Å². The third-order valence-corrected chi connectivity index (χ3v) is 14.6. The van der Waals surface area contributed by atoms with Crippen LogP contribution < -0.4 is 4.74 Å². The number of nitrogens with zero attached hydrogens (tertiary/aromatic N) is 3. The van der Waals surface area contributed by atoms with E-state index in [1.54, 1.807) is 7.05 Å². The molecule has 9 atom stereocenters. The Kier molecular flexibility index (Phi) is 14.3. The van der Waals surface area contributed by atoms with E-state index >= 15 is 0 Å². The van der Waals surface area contributed by atoms with Gasteiger partial charge in [0.25, 0.3) is 0 Å². The zero-order valence-electron chi connectivity index (χ0n) is 41.2. The quantitative estimate of drug-likeness (QED) is 0.0828. The number of ketones is 3. The summed E-state index contributed by atoms with van der Waals surface area (Å²) in [5.41, 5.74) is -1.87. The summed E-state index contributed by atoms with van der Waals surface area (Å²) in [6.07, 6.45) is -7.82. The number of ether oxygens (including phenoxy) is 8. The summed E-state index contributed by atoms with van der Waals surface area (Å²) in [5.74, 6) is -3.89. The summed E-state index contributed by atoms with van der Waals surface area (Å²) < 4.78 is 47.5. The van der Waals surface area contributed by atoms with Crippen molar-refractivity contribution in [2.75, 3.05) is 61.2 Å². The first-order valence-electron chi connectivity index (χ1n) is 23.9. The fourth-order valence-corrected chi connectivity index (χ4v) is 10.5. The molecular formula is C53H61N3O16. The number of amides is 1. The molecule has 3 heterocycles. The first kappa shape index (κ1) is 51.1. The van der Waals surface area contributed by atoms with Gasteiger partial charge in [0.2, 0.25) is 18.0 Å².